The zero-order chi connectivity index (χ0) is 25.9. The van der Waals surface area contributed by atoms with E-state index in [1.807, 2.05) is 60.7 Å². The molecule has 0 spiro atoms. The monoisotopic (exact) mass is 567 g/mol. The van der Waals surface area contributed by atoms with Crippen LogP contribution in [-0.2, 0) is 27.6 Å². The van der Waals surface area contributed by atoms with Crippen molar-refractivity contribution < 1.29 is 22.3 Å². The highest BCUT2D eigenvalue weighted by Gasteiger charge is 2.31. The van der Waals surface area contributed by atoms with Crippen LogP contribution in [0, 0.1) is 12.7 Å². The number of benzene rings is 4. The lowest BCUT2D eigenvalue weighted by Crippen LogP contribution is -2.17. The normalized spacial score (nSPS) is 11.3. The number of hydrogen-bond donors (Lipinski definition) is 1. The third kappa shape index (κ3) is 5.20. The lowest BCUT2D eigenvalue weighted by atomic mass is 9.96. The van der Waals surface area contributed by atoms with Gasteiger partial charge in [0.25, 0.3) is 0 Å². The molecule has 4 aromatic rings. The molecule has 0 heterocycles. The predicted octanol–water partition coefficient (Wildman–Crippen LogP) is 6.26. The molecule has 36 heavy (non-hydrogen) atoms. The second kappa shape index (κ2) is 10.6. The van der Waals surface area contributed by atoms with Crippen molar-refractivity contribution in [3.63, 3.8) is 0 Å². The maximum absolute atomic E-state index is 13.6. The number of carbonyl (C=O) groups excluding carboxylic acids is 1. The van der Waals surface area contributed by atoms with E-state index in [0.29, 0.717) is 5.56 Å². The minimum atomic E-state index is -4.10. The maximum atomic E-state index is 13.6. The second-order valence-electron chi connectivity index (χ2n) is 8.22. The van der Waals surface area contributed by atoms with Crippen molar-refractivity contribution in [1.29, 1.82) is 0 Å². The summed E-state index contributed by atoms with van der Waals surface area (Å²) in [6.07, 6.45) is 0.230. The van der Waals surface area contributed by atoms with E-state index >= 15 is 0 Å². The van der Waals surface area contributed by atoms with Crippen molar-refractivity contribution in [3.05, 3.63) is 123 Å². The second-order valence-corrected chi connectivity index (χ2v) is 10.9. The molecule has 0 atom stereocenters. The molecule has 0 saturated carbocycles. The number of rotatable bonds is 7. The fraction of sp³-hybridized carbons (Fsp3) is 0.107. The van der Waals surface area contributed by atoms with Crippen LogP contribution in [0.3, 0.4) is 0 Å². The Morgan fingerprint density at radius 1 is 0.917 bits per heavy atom. The Labute approximate surface area is 217 Å². The van der Waals surface area contributed by atoms with E-state index in [0.717, 1.165) is 23.3 Å². The van der Waals surface area contributed by atoms with Gasteiger partial charge in [0.05, 0.1) is 21.0 Å². The first-order chi connectivity index (χ1) is 17.2. The summed E-state index contributed by atoms with van der Waals surface area (Å²) in [7, 11) is -4.10. The van der Waals surface area contributed by atoms with Gasteiger partial charge >= 0.3 is 5.97 Å². The maximum Gasteiger partial charge on any atom is 0.340 e. The Bertz CT molecular complexity index is 1510. The van der Waals surface area contributed by atoms with Crippen LogP contribution in [0.5, 0.6) is 0 Å². The van der Waals surface area contributed by atoms with E-state index in [1.54, 1.807) is 0 Å². The van der Waals surface area contributed by atoms with Gasteiger partial charge in [0.15, 0.2) is 0 Å². The molecule has 0 aliphatic carbocycles. The first-order valence-electron chi connectivity index (χ1n) is 11.1. The third-order valence-electron chi connectivity index (χ3n) is 5.81. The average molecular weight is 568 g/mol. The zero-order valence-electron chi connectivity index (χ0n) is 19.4. The van der Waals surface area contributed by atoms with E-state index in [-0.39, 0.29) is 44.1 Å². The quantitative estimate of drug-likeness (QED) is 0.162. The van der Waals surface area contributed by atoms with Gasteiger partial charge in [-0.2, -0.15) is 0 Å². The number of esters is 1. The first kappa shape index (κ1) is 25.6. The molecule has 8 heteroatoms. The lowest BCUT2D eigenvalue weighted by Gasteiger charge is -2.21. The van der Waals surface area contributed by atoms with Gasteiger partial charge in [0.1, 0.15) is 12.4 Å². The minimum Gasteiger partial charge on any atom is -0.457 e. The molecule has 184 valence electrons. The Hall–Kier alpha value is -3.49. The van der Waals surface area contributed by atoms with Crippen LogP contribution in [0.25, 0.3) is 0 Å². The molecule has 4 rings (SSSR count). The first-order valence-corrected chi connectivity index (χ1v) is 13.3. The highest BCUT2D eigenvalue weighted by atomic mass is 79.9. The standard InChI is InChI=1S/C28H23BrFNO4S/c1-18-26(31)24(28(32)35-17-20-10-6-3-7-11-20)23(16-19-8-4-2-5-9-19)25(29)27(18)36(33,34)22-14-12-21(30)13-15-22/h2-15H,16-17,31H2,1H3. The minimum absolute atomic E-state index is 0.0166. The van der Waals surface area contributed by atoms with Gasteiger partial charge in [-0.3, -0.25) is 0 Å². The molecule has 0 unspecified atom stereocenters. The summed E-state index contributed by atoms with van der Waals surface area (Å²) in [5, 5.41) is 0. The Morgan fingerprint density at radius 2 is 1.47 bits per heavy atom. The largest absolute Gasteiger partial charge is 0.457 e. The van der Waals surface area contributed by atoms with Gasteiger partial charge in [-0.15, -0.1) is 0 Å². The third-order valence-corrected chi connectivity index (χ3v) is 8.89. The highest BCUT2D eigenvalue weighted by Crippen LogP contribution is 2.40. The van der Waals surface area contributed by atoms with Crippen molar-refractivity contribution in [2.75, 3.05) is 5.73 Å². The number of ether oxygens (including phenoxy) is 1. The molecule has 4 aromatic carbocycles. The van der Waals surface area contributed by atoms with Crippen molar-refractivity contribution >= 4 is 37.4 Å². The van der Waals surface area contributed by atoms with E-state index in [4.69, 9.17) is 10.5 Å². The number of carbonyl (C=O) groups is 1. The van der Waals surface area contributed by atoms with Crippen molar-refractivity contribution in [1.82, 2.24) is 0 Å². The molecular formula is C28H23BrFNO4S. The summed E-state index contributed by atoms with van der Waals surface area (Å²) in [6.45, 7) is 1.58. The van der Waals surface area contributed by atoms with Crippen LogP contribution in [0.2, 0.25) is 0 Å². The van der Waals surface area contributed by atoms with Crippen LogP contribution in [0.4, 0.5) is 10.1 Å². The number of sulfone groups is 1. The topological polar surface area (TPSA) is 86.5 Å². The fourth-order valence-electron chi connectivity index (χ4n) is 3.93. The van der Waals surface area contributed by atoms with E-state index in [9.17, 15) is 17.6 Å². The van der Waals surface area contributed by atoms with E-state index < -0.39 is 21.6 Å². The number of nitrogen functional groups attached to an aromatic ring is 1. The summed E-state index contributed by atoms with van der Waals surface area (Å²) < 4.78 is 46.5. The van der Waals surface area contributed by atoms with Crippen LogP contribution < -0.4 is 5.73 Å². The zero-order valence-corrected chi connectivity index (χ0v) is 21.8. The van der Waals surface area contributed by atoms with Gasteiger partial charge in [0.2, 0.25) is 9.84 Å². The Balaban J connectivity index is 1.86. The molecule has 0 aliphatic heterocycles. The molecule has 0 bridgehead atoms. The van der Waals surface area contributed by atoms with Crippen LogP contribution in [0.15, 0.2) is 99.2 Å². The van der Waals surface area contributed by atoms with Crippen LogP contribution in [0.1, 0.15) is 32.6 Å². The van der Waals surface area contributed by atoms with Crippen LogP contribution >= 0.6 is 15.9 Å². The number of hydrogen-bond acceptors (Lipinski definition) is 5. The van der Waals surface area contributed by atoms with E-state index in [1.165, 1.54) is 19.1 Å². The van der Waals surface area contributed by atoms with Crippen molar-refractivity contribution in [3.8, 4) is 0 Å². The van der Waals surface area contributed by atoms with Gasteiger partial charge in [-0.25, -0.2) is 17.6 Å². The Morgan fingerprint density at radius 3 is 2.06 bits per heavy atom. The molecule has 0 radical (unpaired) electrons. The molecule has 0 saturated heterocycles. The molecule has 0 amide bonds. The summed E-state index contributed by atoms with van der Waals surface area (Å²) >= 11 is 3.47. The highest BCUT2D eigenvalue weighted by molar-refractivity contribution is 9.10. The summed E-state index contributed by atoms with van der Waals surface area (Å²) in [5.74, 6) is -1.21. The average Bonchev–Trinajstić information content (AvgIpc) is 2.87. The molecule has 0 fully saturated rings. The van der Waals surface area contributed by atoms with Gasteiger partial charge in [-0.05, 0) is 75.8 Å². The Kier molecular flexibility index (Phi) is 7.56. The smallest absolute Gasteiger partial charge is 0.340 e. The van der Waals surface area contributed by atoms with Gasteiger partial charge in [0, 0.05) is 4.47 Å². The summed E-state index contributed by atoms with van der Waals surface area (Å²) in [4.78, 5) is 13.2. The molecule has 5 nitrogen and oxygen atoms in total. The predicted molar refractivity (Wildman–Crippen MR) is 140 cm³/mol. The fourth-order valence-corrected chi connectivity index (χ4v) is 6.81. The summed E-state index contributed by atoms with van der Waals surface area (Å²) in [5.41, 5.74) is 8.81. The van der Waals surface area contributed by atoms with Crippen molar-refractivity contribution in [2.45, 2.75) is 29.7 Å². The van der Waals surface area contributed by atoms with Gasteiger partial charge in [-0.1, -0.05) is 60.7 Å². The number of anilines is 1. The molecular weight excluding hydrogens is 545 g/mol. The SMILES string of the molecule is Cc1c(N)c(C(=O)OCc2ccccc2)c(Cc2ccccc2)c(Br)c1S(=O)(=O)c1ccc(F)cc1. The number of nitrogens with two attached hydrogens (primary N) is 1. The molecule has 0 aromatic heterocycles. The van der Waals surface area contributed by atoms with E-state index in [2.05, 4.69) is 15.9 Å². The van der Waals surface area contributed by atoms with Crippen molar-refractivity contribution in [2.24, 2.45) is 0 Å². The number of halogens is 2. The molecule has 2 N–H and O–H groups in total. The lowest BCUT2D eigenvalue weighted by molar-refractivity contribution is 0.0472. The molecule has 0 aliphatic rings. The summed E-state index contributed by atoms with van der Waals surface area (Å²) in [6, 6.07) is 23.1. The van der Waals surface area contributed by atoms with Gasteiger partial charge < -0.3 is 10.5 Å². The van der Waals surface area contributed by atoms with Crippen LogP contribution in [-0.4, -0.2) is 14.4 Å².